The van der Waals surface area contributed by atoms with E-state index in [1.807, 2.05) is 0 Å². The van der Waals surface area contributed by atoms with Crippen LogP contribution in [-0.2, 0) is 22.3 Å². The third kappa shape index (κ3) is 3.07. The number of carbonyl (C=O) groups excluding carboxylic acids is 1. The first-order chi connectivity index (χ1) is 8.90. The number of ether oxygens (including phenoxy) is 1. The molecular formula is C13H12F3NO2. The van der Waals surface area contributed by atoms with E-state index in [2.05, 4.69) is 4.98 Å². The third-order valence-electron chi connectivity index (χ3n) is 2.68. The second-order valence-electron chi connectivity index (χ2n) is 4.11. The first kappa shape index (κ1) is 13.5. The Bertz CT molecular complexity index is 601. The highest BCUT2D eigenvalue weighted by Gasteiger charge is 2.30. The van der Waals surface area contributed by atoms with Crippen LogP contribution in [-0.4, -0.2) is 11.0 Å². The van der Waals surface area contributed by atoms with Gasteiger partial charge in [0, 0.05) is 11.9 Å². The fourth-order valence-electron chi connectivity index (χ4n) is 1.70. The Hall–Kier alpha value is -1.98. The van der Waals surface area contributed by atoms with Crippen LogP contribution in [0.5, 0.6) is 0 Å². The molecule has 0 amide bonds. The van der Waals surface area contributed by atoms with Crippen molar-refractivity contribution < 1.29 is 22.7 Å². The van der Waals surface area contributed by atoms with E-state index in [-0.39, 0.29) is 19.0 Å². The van der Waals surface area contributed by atoms with Crippen LogP contribution < -0.4 is 0 Å². The molecule has 0 unspecified atom stereocenters. The Morgan fingerprint density at radius 3 is 2.68 bits per heavy atom. The lowest BCUT2D eigenvalue weighted by atomic mass is 10.1. The van der Waals surface area contributed by atoms with E-state index in [1.165, 1.54) is 6.07 Å². The number of halogens is 3. The molecule has 0 atom stereocenters. The molecule has 0 aliphatic heterocycles. The monoisotopic (exact) mass is 271 g/mol. The Kier molecular flexibility index (Phi) is 3.50. The smallest absolute Gasteiger partial charge is 0.416 e. The lowest BCUT2D eigenvalue weighted by Crippen LogP contribution is -2.04. The number of aromatic nitrogens is 1. The predicted molar refractivity (Wildman–Crippen MR) is 63.4 cm³/mol. The highest BCUT2D eigenvalue weighted by atomic mass is 19.4. The summed E-state index contributed by atoms with van der Waals surface area (Å²) in [5.74, 6) is -0.352. The standard InChI is InChI=1S/C13H12F3NO2/c1-2-12(18)19-7-10-5-8-3-4-9(13(14,15)16)6-11(8)17-10/h3-6,17H,2,7H2,1H3. The Labute approximate surface area is 107 Å². The normalized spacial score (nSPS) is 11.8. The zero-order valence-electron chi connectivity index (χ0n) is 10.2. The number of fused-ring (bicyclic) bond motifs is 1. The quantitative estimate of drug-likeness (QED) is 0.866. The van der Waals surface area contributed by atoms with Crippen molar-refractivity contribution >= 4 is 16.9 Å². The molecule has 3 nitrogen and oxygen atoms in total. The molecule has 2 aromatic rings. The summed E-state index contributed by atoms with van der Waals surface area (Å²) >= 11 is 0. The number of hydrogen-bond donors (Lipinski definition) is 1. The minimum Gasteiger partial charge on any atom is -0.459 e. The van der Waals surface area contributed by atoms with Gasteiger partial charge in [0.15, 0.2) is 0 Å². The van der Waals surface area contributed by atoms with Crippen molar-refractivity contribution in [2.75, 3.05) is 0 Å². The van der Waals surface area contributed by atoms with Gasteiger partial charge in [-0.3, -0.25) is 4.79 Å². The fourth-order valence-corrected chi connectivity index (χ4v) is 1.70. The van der Waals surface area contributed by atoms with Gasteiger partial charge in [-0.2, -0.15) is 13.2 Å². The highest BCUT2D eigenvalue weighted by molar-refractivity contribution is 5.81. The molecular weight excluding hydrogens is 259 g/mol. The van der Waals surface area contributed by atoms with Gasteiger partial charge in [-0.1, -0.05) is 13.0 Å². The lowest BCUT2D eigenvalue weighted by molar-refractivity contribution is -0.144. The first-order valence-corrected chi connectivity index (χ1v) is 5.74. The molecule has 0 radical (unpaired) electrons. The maximum Gasteiger partial charge on any atom is 0.416 e. The summed E-state index contributed by atoms with van der Waals surface area (Å²) < 4.78 is 42.5. The zero-order valence-corrected chi connectivity index (χ0v) is 10.2. The molecule has 1 aromatic carbocycles. The van der Waals surface area contributed by atoms with E-state index in [4.69, 9.17) is 4.74 Å². The molecule has 1 aromatic heterocycles. The van der Waals surface area contributed by atoms with Crippen molar-refractivity contribution in [3.05, 3.63) is 35.5 Å². The molecule has 1 N–H and O–H groups in total. The number of carbonyl (C=O) groups is 1. The Morgan fingerprint density at radius 2 is 2.05 bits per heavy atom. The summed E-state index contributed by atoms with van der Waals surface area (Å²) in [5, 5.41) is 0.649. The van der Waals surface area contributed by atoms with E-state index in [0.717, 1.165) is 12.1 Å². The van der Waals surface area contributed by atoms with Crippen molar-refractivity contribution in [2.45, 2.75) is 26.1 Å². The van der Waals surface area contributed by atoms with Gasteiger partial charge >= 0.3 is 12.1 Å². The molecule has 6 heteroatoms. The number of H-pyrrole nitrogens is 1. The molecule has 0 spiro atoms. The molecule has 0 aliphatic rings. The highest BCUT2D eigenvalue weighted by Crippen LogP contribution is 2.31. The number of esters is 1. The SMILES string of the molecule is CCC(=O)OCc1cc2ccc(C(F)(F)F)cc2[nH]1. The molecule has 0 saturated heterocycles. The van der Waals surface area contributed by atoms with E-state index in [0.29, 0.717) is 16.6 Å². The van der Waals surface area contributed by atoms with E-state index in [9.17, 15) is 18.0 Å². The molecule has 0 aliphatic carbocycles. The third-order valence-corrected chi connectivity index (χ3v) is 2.68. The van der Waals surface area contributed by atoms with Crippen molar-refractivity contribution in [3.63, 3.8) is 0 Å². The number of alkyl halides is 3. The summed E-state index contributed by atoms with van der Waals surface area (Å²) in [6, 6.07) is 5.12. The van der Waals surface area contributed by atoms with E-state index < -0.39 is 11.7 Å². The molecule has 0 saturated carbocycles. The van der Waals surface area contributed by atoms with Crippen molar-refractivity contribution in [3.8, 4) is 0 Å². The maximum atomic E-state index is 12.5. The second kappa shape index (κ2) is 4.95. The molecule has 0 bridgehead atoms. The largest absolute Gasteiger partial charge is 0.459 e. The molecule has 102 valence electrons. The van der Waals surface area contributed by atoms with Crippen LogP contribution in [0.4, 0.5) is 13.2 Å². The Balaban J connectivity index is 2.23. The summed E-state index contributed by atoms with van der Waals surface area (Å²) in [6.07, 6.45) is -4.10. The van der Waals surface area contributed by atoms with Gasteiger partial charge in [-0.05, 0) is 23.6 Å². The van der Waals surface area contributed by atoms with Crippen LogP contribution in [0.25, 0.3) is 10.9 Å². The second-order valence-corrected chi connectivity index (χ2v) is 4.11. The van der Waals surface area contributed by atoms with E-state index in [1.54, 1.807) is 13.0 Å². The van der Waals surface area contributed by atoms with Gasteiger partial charge in [-0.25, -0.2) is 0 Å². The van der Waals surface area contributed by atoms with Crippen LogP contribution in [0, 0.1) is 0 Å². The van der Waals surface area contributed by atoms with Crippen LogP contribution in [0.15, 0.2) is 24.3 Å². The average molecular weight is 271 g/mol. The van der Waals surface area contributed by atoms with Crippen LogP contribution in [0.3, 0.4) is 0 Å². The summed E-state index contributed by atoms with van der Waals surface area (Å²) in [6.45, 7) is 1.70. The van der Waals surface area contributed by atoms with Gasteiger partial charge in [0.05, 0.1) is 11.3 Å². The number of nitrogens with one attached hydrogen (secondary N) is 1. The zero-order chi connectivity index (χ0) is 14.0. The molecule has 1 heterocycles. The lowest BCUT2D eigenvalue weighted by Gasteiger charge is -2.05. The number of aromatic amines is 1. The van der Waals surface area contributed by atoms with E-state index >= 15 is 0 Å². The number of rotatable bonds is 3. The van der Waals surface area contributed by atoms with Crippen LogP contribution >= 0.6 is 0 Å². The van der Waals surface area contributed by atoms with Gasteiger partial charge < -0.3 is 9.72 Å². The predicted octanol–water partition coefficient (Wildman–Crippen LogP) is 3.64. The first-order valence-electron chi connectivity index (χ1n) is 5.74. The minimum absolute atomic E-state index is 0.0305. The van der Waals surface area contributed by atoms with Gasteiger partial charge in [0.25, 0.3) is 0 Å². The summed E-state index contributed by atoms with van der Waals surface area (Å²) in [5.41, 5.74) is 0.229. The van der Waals surface area contributed by atoms with Crippen LogP contribution in [0.2, 0.25) is 0 Å². The summed E-state index contributed by atoms with van der Waals surface area (Å²) in [7, 11) is 0. The topological polar surface area (TPSA) is 42.1 Å². The van der Waals surface area contributed by atoms with Crippen LogP contribution in [0.1, 0.15) is 24.6 Å². The van der Waals surface area contributed by atoms with Gasteiger partial charge in [0.2, 0.25) is 0 Å². The van der Waals surface area contributed by atoms with Crippen molar-refractivity contribution in [1.29, 1.82) is 0 Å². The molecule has 0 fully saturated rings. The van der Waals surface area contributed by atoms with Gasteiger partial charge in [0.1, 0.15) is 6.61 Å². The number of hydrogen-bond acceptors (Lipinski definition) is 2. The average Bonchev–Trinajstić information content (AvgIpc) is 2.76. The van der Waals surface area contributed by atoms with Crippen molar-refractivity contribution in [1.82, 2.24) is 4.98 Å². The van der Waals surface area contributed by atoms with Gasteiger partial charge in [-0.15, -0.1) is 0 Å². The fraction of sp³-hybridized carbons (Fsp3) is 0.308. The Morgan fingerprint density at radius 1 is 1.32 bits per heavy atom. The molecule has 19 heavy (non-hydrogen) atoms. The maximum absolute atomic E-state index is 12.5. The summed E-state index contributed by atoms with van der Waals surface area (Å²) in [4.78, 5) is 13.8. The molecule has 2 rings (SSSR count). The van der Waals surface area contributed by atoms with Crippen molar-refractivity contribution in [2.24, 2.45) is 0 Å². The number of benzene rings is 1. The minimum atomic E-state index is -4.37.